The van der Waals surface area contributed by atoms with E-state index < -0.39 is 0 Å². The summed E-state index contributed by atoms with van der Waals surface area (Å²) in [5.74, 6) is 3.10. The molecule has 138 valence electrons. The van der Waals surface area contributed by atoms with E-state index >= 15 is 0 Å². The lowest BCUT2D eigenvalue weighted by atomic mass is 9.49. The van der Waals surface area contributed by atoms with E-state index in [-0.39, 0.29) is 6.10 Å². The van der Waals surface area contributed by atoms with E-state index in [1.165, 1.54) is 70.6 Å². The first-order valence-corrected chi connectivity index (χ1v) is 10.7. The molecule has 1 atom stereocenters. The second-order valence-corrected chi connectivity index (χ2v) is 9.61. The van der Waals surface area contributed by atoms with Crippen LogP contribution in [-0.4, -0.2) is 49.0 Å². The Balaban J connectivity index is 1.15. The molecule has 0 spiro atoms. The Morgan fingerprint density at radius 3 is 2.08 bits per heavy atom. The third kappa shape index (κ3) is 4.16. The fraction of sp³-hybridized carbons (Fsp3) is 1.00. The fourth-order valence-electron chi connectivity index (χ4n) is 6.77. The standard InChI is InChI=1S/C21H37NO2/c23-20(15-22-6-3-1-2-4-7-22)16-24-8-5-21-12-17-9-18(13-21)11-19(10-17)14-21/h17-20,23H,1-16H2/t17?,18?,19?,20-,21?/m1/s1. The zero-order chi connectivity index (χ0) is 16.4. The second-order valence-electron chi connectivity index (χ2n) is 9.61. The Labute approximate surface area is 148 Å². The molecule has 4 aliphatic carbocycles. The average Bonchev–Trinajstić information content (AvgIpc) is 2.79. The highest BCUT2D eigenvalue weighted by molar-refractivity contribution is 5.01. The molecule has 24 heavy (non-hydrogen) atoms. The van der Waals surface area contributed by atoms with Gasteiger partial charge < -0.3 is 14.7 Å². The van der Waals surface area contributed by atoms with Crippen LogP contribution in [0.5, 0.6) is 0 Å². The Morgan fingerprint density at radius 1 is 0.917 bits per heavy atom. The van der Waals surface area contributed by atoms with Crippen LogP contribution in [-0.2, 0) is 4.74 Å². The van der Waals surface area contributed by atoms with Crippen LogP contribution in [0, 0.1) is 23.2 Å². The lowest BCUT2D eigenvalue weighted by Crippen LogP contribution is -2.46. The molecule has 0 radical (unpaired) electrons. The van der Waals surface area contributed by atoms with Gasteiger partial charge in [0.2, 0.25) is 0 Å². The predicted octanol–water partition coefficient (Wildman–Crippen LogP) is 3.85. The minimum absolute atomic E-state index is 0.306. The lowest BCUT2D eigenvalue weighted by Gasteiger charge is -2.57. The van der Waals surface area contributed by atoms with E-state index in [1.807, 2.05) is 0 Å². The number of ether oxygens (including phenoxy) is 1. The van der Waals surface area contributed by atoms with Crippen molar-refractivity contribution in [3.05, 3.63) is 0 Å². The first kappa shape index (κ1) is 17.3. The molecule has 5 fully saturated rings. The van der Waals surface area contributed by atoms with Gasteiger partial charge in [-0.1, -0.05) is 12.8 Å². The molecular weight excluding hydrogens is 298 g/mol. The lowest BCUT2D eigenvalue weighted by molar-refractivity contribution is -0.0740. The van der Waals surface area contributed by atoms with E-state index in [0.717, 1.165) is 44.0 Å². The van der Waals surface area contributed by atoms with Gasteiger partial charge in [-0.25, -0.2) is 0 Å². The largest absolute Gasteiger partial charge is 0.389 e. The maximum absolute atomic E-state index is 10.3. The van der Waals surface area contributed by atoms with Crippen molar-refractivity contribution >= 4 is 0 Å². The average molecular weight is 336 g/mol. The Kier molecular flexibility index (Phi) is 5.50. The van der Waals surface area contributed by atoms with E-state index in [9.17, 15) is 5.11 Å². The molecule has 4 saturated carbocycles. The summed E-state index contributed by atoms with van der Waals surface area (Å²) in [6.45, 7) is 4.51. The number of nitrogens with zero attached hydrogens (tertiary/aromatic N) is 1. The molecule has 1 aliphatic heterocycles. The van der Waals surface area contributed by atoms with Gasteiger partial charge in [0.25, 0.3) is 0 Å². The third-order valence-electron chi connectivity index (χ3n) is 7.42. The van der Waals surface area contributed by atoms with Gasteiger partial charge in [0.05, 0.1) is 12.7 Å². The predicted molar refractivity (Wildman–Crippen MR) is 97.0 cm³/mol. The van der Waals surface area contributed by atoms with Crippen LogP contribution in [0.15, 0.2) is 0 Å². The summed E-state index contributed by atoms with van der Waals surface area (Å²) in [6, 6.07) is 0. The highest BCUT2D eigenvalue weighted by atomic mass is 16.5. The molecule has 1 saturated heterocycles. The summed E-state index contributed by atoms with van der Waals surface area (Å²) in [5, 5.41) is 10.3. The molecule has 0 aromatic carbocycles. The van der Waals surface area contributed by atoms with Crippen LogP contribution < -0.4 is 0 Å². The van der Waals surface area contributed by atoms with Crippen LogP contribution in [0.1, 0.15) is 70.6 Å². The first-order valence-electron chi connectivity index (χ1n) is 10.7. The topological polar surface area (TPSA) is 32.7 Å². The van der Waals surface area contributed by atoms with Gasteiger partial charge in [0.1, 0.15) is 0 Å². The minimum Gasteiger partial charge on any atom is -0.389 e. The van der Waals surface area contributed by atoms with Crippen LogP contribution in [0.2, 0.25) is 0 Å². The van der Waals surface area contributed by atoms with Crippen molar-refractivity contribution < 1.29 is 9.84 Å². The summed E-state index contributed by atoms with van der Waals surface area (Å²) in [6.07, 6.45) is 15.2. The summed E-state index contributed by atoms with van der Waals surface area (Å²) in [7, 11) is 0. The summed E-state index contributed by atoms with van der Waals surface area (Å²) >= 11 is 0. The SMILES string of the molecule is O[C@@H](COCCC12CC3CC(CC(C3)C1)C2)CN1CCCCCC1. The number of aliphatic hydroxyl groups is 1. The zero-order valence-electron chi connectivity index (χ0n) is 15.4. The van der Waals surface area contributed by atoms with Crippen molar-refractivity contribution in [2.75, 3.05) is 32.8 Å². The molecule has 0 aromatic heterocycles. The van der Waals surface area contributed by atoms with Crippen molar-refractivity contribution in [2.24, 2.45) is 23.2 Å². The molecule has 4 bridgehead atoms. The quantitative estimate of drug-likeness (QED) is 0.717. The molecule has 1 N–H and O–H groups in total. The van der Waals surface area contributed by atoms with Gasteiger partial charge in [-0.2, -0.15) is 0 Å². The second kappa shape index (κ2) is 7.63. The maximum atomic E-state index is 10.3. The van der Waals surface area contributed by atoms with Gasteiger partial charge in [-0.15, -0.1) is 0 Å². The normalized spacial score (nSPS) is 40.6. The summed E-state index contributed by atoms with van der Waals surface area (Å²) in [4.78, 5) is 2.43. The highest BCUT2D eigenvalue weighted by Crippen LogP contribution is 2.61. The maximum Gasteiger partial charge on any atom is 0.0900 e. The minimum atomic E-state index is -0.306. The van der Waals surface area contributed by atoms with E-state index in [1.54, 1.807) is 0 Å². The van der Waals surface area contributed by atoms with Gasteiger partial charge in [-0.3, -0.25) is 0 Å². The van der Waals surface area contributed by atoms with Crippen molar-refractivity contribution in [3.8, 4) is 0 Å². The van der Waals surface area contributed by atoms with Crippen molar-refractivity contribution in [1.82, 2.24) is 4.90 Å². The van der Waals surface area contributed by atoms with Gasteiger partial charge in [-0.05, 0) is 94.0 Å². The Morgan fingerprint density at radius 2 is 1.50 bits per heavy atom. The van der Waals surface area contributed by atoms with Crippen LogP contribution >= 0.6 is 0 Å². The van der Waals surface area contributed by atoms with E-state index in [2.05, 4.69) is 4.90 Å². The molecule has 1 heterocycles. The van der Waals surface area contributed by atoms with Crippen molar-refractivity contribution in [3.63, 3.8) is 0 Å². The molecule has 5 rings (SSSR count). The van der Waals surface area contributed by atoms with Crippen LogP contribution in [0.4, 0.5) is 0 Å². The van der Waals surface area contributed by atoms with Gasteiger partial charge in [0, 0.05) is 13.2 Å². The number of hydrogen-bond acceptors (Lipinski definition) is 3. The van der Waals surface area contributed by atoms with Crippen LogP contribution in [0.3, 0.4) is 0 Å². The highest BCUT2D eigenvalue weighted by Gasteiger charge is 2.50. The summed E-state index contributed by atoms with van der Waals surface area (Å²) in [5.41, 5.74) is 0.616. The fourth-order valence-corrected chi connectivity index (χ4v) is 6.77. The molecule has 0 amide bonds. The van der Waals surface area contributed by atoms with E-state index in [0.29, 0.717) is 12.0 Å². The van der Waals surface area contributed by atoms with Gasteiger partial charge >= 0.3 is 0 Å². The number of likely N-dealkylation sites (tertiary alicyclic amines) is 1. The van der Waals surface area contributed by atoms with Gasteiger partial charge in [0.15, 0.2) is 0 Å². The number of aliphatic hydroxyl groups excluding tert-OH is 1. The van der Waals surface area contributed by atoms with E-state index in [4.69, 9.17) is 4.74 Å². The number of hydrogen-bond donors (Lipinski definition) is 1. The smallest absolute Gasteiger partial charge is 0.0900 e. The molecule has 0 aromatic rings. The molecule has 0 unspecified atom stereocenters. The zero-order valence-corrected chi connectivity index (χ0v) is 15.4. The Hall–Kier alpha value is -0.120. The molecule has 3 heteroatoms. The number of β-amino-alcohol motifs (C(OH)–C–C–N with tert-alkyl or cyclic N) is 1. The van der Waals surface area contributed by atoms with Crippen LogP contribution in [0.25, 0.3) is 0 Å². The summed E-state index contributed by atoms with van der Waals surface area (Å²) < 4.78 is 5.93. The van der Waals surface area contributed by atoms with Crippen molar-refractivity contribution in [1.29, 1.82) is 0 Å². The number of rotatable bonds is 7. The van der Waals surface area contributed by atoms with Crippen molar-refractivity contribution in [2.45, 2.75) is 76.7 Å². The molecule has 3 nitrogen and oxygen atoms in total. The molecule has 5 aliphatic rings. The molecular formula is C21H37NO2. The third-order valence-corrected chi connectivity index (χ3v) is 7.42. The first-order chi connectivity index (χ1) is 11.7. The monoisotopic (exact) mass is 335 g/mol. The Bertz CT molecular complexity index is 367.